The Morgan fingerprint density at radius 2 is 0.911 bits per heavy atom. The van der Waals surface area contributed by atoms with Crippen molar-refractivity contribution in [1.82, 2.24) is 19.6 Å². The lowest BCUT2D eigenvalue weighted by Crippen LogP contribution is -2.57. The molecule has 2 rings (SSSR count). The second-order valence-electron chi connectivity index (χ2n) is 13.0. The number of methoxy groups -OCH3 is 4. The molecule has 0 amide bonds. The fourth-order valence-corrected chi connectivity index (χ4v) is 6.57. The van der Waals surface area contributed by atoms with Crippen LogP contribution in [-0.2, 0) is 54.0 Å². The van der Waals surface area contributed by atoms with Crippen molar-refractivity contribution in [3.63, 3.8) is 0 Å². The molecule has 1 heterocycles. The fourth-order valence-electron chi connectivity index (χ4n) is 6.57. The van der Waals surface area contributed by atoms with Gasteiger partial charge < -0.3 is 48.5 Å². The van der Waals surface area contributed by atoms with Gasteiger partial charge in [-0.05, 0) is 43.9 Å². The molecule has 0 aromatic heterocycles. The zero-order chi connectivity index (χ0) is 41.3. The second-order valence-corrected chi connectivity index (χ2v) is 13.0. The molecule has 18 nitrogen and oxygen atoms in total. The predicted octanol–water partition coefficient (Wildman–Crippen LogP) is -1.19. The van der Waals surface area contributed by atoms with Gasteiger partial charge in [-0.2, -0.15) is 0 Å². The average molecular weight is 801 g/mol. The van der Waals surface area contributed by atoms with Gasteiger partial charge in [0.15, 0.2) is 0 Å². The quantitative estimate of drug-likeness (QED) is 0.0676. The first kappa shape index (κ1) is 48.7. The van der Waals surface area contributed by atoms with Gasteiger partial charge >= 0.3 is 23.9 Å². The summed E-state index contributed by atoms with van der Waals surface area (Å²) in [5, 5.41) is 30.8. The van der Waals surface area contributed by atoms with E-state index in [1.165, 1.54) is 28.4 Å². The van der Waals surface area contributed by atoms with Gasteiger partial charge in [-0.3, -0.25) is 38.8 Å². The van der Waals surface area contributed by atoms with E-state index in [1.807, 2.05) is 36.1 Å². The number of nitrogens with zero attached hydrogens (tertiary/aromatic N) is 4. The zero-order valence-electron chi connectivity index (χ0n) is 33.7. The van der Waals surface area contributed by atoms with E-state index >= 15 is 0 Å². The number of esters is 4. The number of carbonyl (C=O) groups excluding carboxylic acids is 4. The molecule has 0 bridgehead atoms. The number of benzene rings is 1. The highest BCUT2D eigenvalue weighted by molar-refractivity contribution is 5.77. The minimum absolute atomic E-state index is 0.135. The van der Waals surface area contributed by atoms with Crippen molar-refractivity contribution in [2.24, 2.45) is 0 Å². The molecule has 4 atom stereocenters. The molecule has 0 aliphatic carbocycles. The summed E-state index contributed by atoms with van der Waals surface area (Å²) in [7, 11) is 4.98. The van der Waals surface area contributed by atoms with Gasteiger partial charge in [-0.25, -0.2) is 0 Å². The SMILES string of the molecule is CCOCCOCCOc1ccc(CCCC(C(=O)OC)N2CCN(C(CO)C(=O)OC)CCN([C@H](CO)C(=O)OC)CCN([C@H](CO)C(=O)OC)CC2)cc1. The van der Waals surface area contributed by atoms with E-state index in [-0.39, 0.29) is 52.4 Å². The van der Waals surface area contributed by atoms with Crippen molar-refractivity contribution in [3.05, 3.63) is 29.8 Å². The van der Waals surface area contributed by atoms with Crippen LogP contribution in [0.25, 0.3) is 0 Å². The summed E-state index contributed by atoms with van der Waals surface area (Å²) in [5.41, 5.74) is 1.05. The topological polar surface area (TPSA) is 207 Å². The molecule has 0 saturated carbocycles. The zero-order valence-corrected chi connectivity index (χ0v) is 33.7. The van der Waals surface area contributed by atoms with E-state index in [1.54, 1.807) is 14.7 Å². The summed E-state index contributed by atoms with van der Waals surface area (Å²) in [6, 6.07) is 3.83. The van der Waals surface area contributed by atoms with E-state index in [9.17, 15) is 34.5 Å². The van der Waals surface area contributed by atoms with E-state index in [4.69, 9.17) is 33.2 Å². The van der Waals surface area contributed by atoms with Crippen molar-refractivity contribution < 1.29 is 67.7 Å². The smallest absolute Gasteiger partial charge is 0.325 e. The second kappa shape index (κ2) is 28.0. The molecule has 1 aliphatic heterocycles. The Balaban J connectivity index is 2.33. The van der Waals surface area contributed by atoms with E-state index in [0.717, 1.165) is 5.56 Å². The third-order valence-electron chi connectivity index (χ3n) is 9.81. The fraction of sp³-hybridized carbons (Fsp3) is 0.737. The standard InChI is InChI=1S/C38H64N4O14/c1-6-54-22-23-55-24-25-56-30-12-10-29(11-13-30)8-7-9-31(35(46)50-2)39-14-16-40(32(26-43)36(47)51-3)18-20-42(34(28-45)38(49)53-5)21-19-41(17-15-39)33(27-44)37(48)52-4/h10-13,31-34,43-45H,6-9,14-28H2,1-5H3/t31?,32-,33?,34-/m1/s1. The molecule has 320 valence electrons. The molecular formula is C38H64N4O14. The van der Waals surface area contributed by atoms with E-state index < -0.39 is 67.9 Å². The molecule has 56 heavy (non-hydrogen) atoms. The maximum absolute atomic E-state index is 13.4. The molecule has 0 spiro atoms. The maximum atomic E-state index is 13.4. The Morgan fingerprint density at radius 1 is 0.554 bits per heavy atom. The maximum Gasteiger partial charge on any atom is 0.325 e. The predicted molar refractivity (Wildman–Crippen MR) is 203 cm³/mol. The Labute approximate surface area is 330 Å². The van der Waals surface area contributed by atoms with Crippen LogP contribution in [0, 0.1) is 0 Å². The Hall–Kier alpha value is -3.46. The molecular weight excluding hydrogens is 736 g/mol. The molecule has 1 aliphatic rings. The molecule has 1 saturated heterocycles. The van der Waals surface area contributed by atoms with Crippen LogP contribution in [0.1, 0.15) is 25.3 Å². The van der Waals surface area contributed by atoms with Crippen LogP contribution in [0.15, 0.2) is 24.3 Å². The van der Waals surface area contributed by atoms with E-state index in [2.05, 4.69) is 0 Å². The van der Waals surface area contributed by atoms with Crippen molar-refractivity contribution in [2.45, 2.75) is 50.4 Å². The highest BCUT2D eigenvalue weighted by atomic mass is 16.5. The summed E-state index contributed by atoms with van der Waals surface area (Å²) in [6.07, 6.45) is 1.69. The Kier molecular flexibility index (Phi) is 24.4. The van der Waals surface area contributed by atoms with Gasteiger partial charge in [0, 0.05) is 59.0 Å². The number of hydrogen-bond acceptors (Lipinski definition) is 18. The Morgan fingerprint density at radius 3 is 1.29 bits per heavy atom. The molecule has 0 radical (unpaired) electrons. The van der Waals surface area contributed by atoms with Gasteiger partial charge in [0.1, 0.15) is 36.5 Å². The van der Waals surface area contributed by atoms with Crippen LogP contribution in [0.2, 0.25) is 0 Å². The normalized spacial score (nSPS) is 17.7. The van der Waals surface area contributed by atoms with Crippen LogP contribution in [0.3, 0.4) is 0 Å². The van der Waals surface area contributed by atoms with Gasteiger partial charge in [0.2, 0.25) is 0 Å². The number of aliphatic hydroxyl groups is 3. The lowest BCUT2D eigenvalue weighted by Gasteiger charge is -2.39. The number of hydrogen-bond donors (Lipinski definition) is 3. The number of carbonyl (C=O) groups is 4. The number of aliphatic hydroxyl groups excluding tert-OH is 3. The van der Waals surface area contributed by atoms with Gasteiger partial charge in [0.25, 0.3) is 0 Å². The highest BCUT2D eigenvalue weighted by Crippen LogP contribution is 2.18. The van der Waals surface area contributed by atoms with Crippen LogP contribution in [-0.4, -0.2) is 217 Å². The first-order valence-electron chi connectivity index (χ1n) is 19.1. The van der Waals surface area contributed by atoms with Crippen molar-refractivity contribution >= 4 is 23.9 Å². The van der Waals surface area contributed by atoms with Gasteiger partial charge in [-0.1, -0.05) is 12.1 Å². The lowest BCUT2D eigenvalue weighted by molar-refractivity contribution is -0.153. The number of ether oxygens (including phenoxy) is 7. The molecule has 18 heteroatoms. The first-order valence-corrected chi connectivity index (χ1v) is 19.1. The molecule has 1 fully saturated rings. The minimum Gasteiger partial charge on any atom is -0.491 e. The summed E-state index contributed by atoms with van der Waals surface area (Å²) in [6.45, 7) is 4.19. The third kappa shape index (κ3) is 16.2. The van der Waals surface area contributed by atoms with Crippen LogP contribution in [0.5, 0.6) is 5.75 Å². The summed E-state index contributed by atoms with van der Waals surface area (Å²) in [4.78, 5) is 58.8. The van der Waals surface area contributed by atoms with Crippen molar-refractivity contribution in [3.8, 4) is 5.75 Å². The van der Waals surface area contributed by atoms with E-state index in [0.29, 0.717) is 58.0 Å². The lowest BCUT2D eigenvalue weighted by atomic mass is 10.0. The summed E-state index contributed by atoms with van der Waals surface area (Å²) in [5.74, 6) is -1.75. The Bertz CT molecular complexity index is 1240. The third-order valence-corrected chi connectivity index (χ3v) is 9.81. The van der Waals surface area contributed by atoms with Crippen LogP contribution < -0.4 is 4.74 Å². The number of aryl methyl sites for hydroxylation is 1. The van der Waals surface area contributed by atoms with Gasteiger partial charge in [-0.15, -0.1) is 0 Å². The van der Waals surface area contributed by atoms with Gasteiger partial charge in [0.05, 0.1) is 68.1 Å². The largest absolute Gasteiger partial charge is 0.491 e. The van der Waals surface area contributed by atoms with Crippen molar-refractivity contribution in [2.75, 3.05) is 134 Å². The first-order chi connectivity index (χ1) is 27.1. The molecule has 3 N–H and O–H groups in total. The monoisotopic (exact) mass is 800 g/mol. The summed E-state index contributed by atoms with van der Waals surface area (Å²) < 4.78 is 36.7. The molecule has 1 aromatic rings. The molecule has 1 aromatic carbocycles. The van der Waals surface area contributed by atoms with Crippen LogP contribution >= 0.6 is 0 Å². The van der Waals surface area contributed by atoms with Crippen LogP contribution in [0.4, 0.5) is 0 Å². The minimum atomic E-state index is -1.07. The number of rotatable bonds is 23. The highest BCUT2D eigenvalue weighted by Gasteiger charge is 2.35. The average Bonchev–Trinajstić information content (AvgIpc) is 3.22. The molecule has 2 unspecified atom stereocenters. The summed E-state index contributed by atoms with van der Waals surface area (Å²) >= 11 is 0. The van der Waals surface area contributed by atoms with Crippen molar-refractivity contribution in [1.29, 1.82) is 0 Å².